The van der Waals surface area contributed by atoms with Gasteiger partial charge in [-0.25, -0.2) is 0 Å². The molecule has 0 saturated heterocycles. The van der Waals surface area contributed by atoms with E-state index in [1.807, 2.05) is 66.7 Å². The Balaban J connectivity index is 1.67. The lowest BCUT2D eigenvalue weighted by molar-refractivity contribution is -0.113. The Morgan fingerprint density at radius 1 is 0.955 bits per heavy atom. The van der Waals surface area contributed by atoms with Crippen LogP contribution in [0.1, 0.15) is 0 Å². The van der Waals surface area contributed by atoms with Crippen molar-refractivity contribution in [3.63, 3.8) is 0 Å². The van der Waals surface area contributed by atoms with E-state index in [1.165, 1.54) is 11.8 Å². The smallest absolute Gasteiger partial charge is 0.234 e. The van der Waals surface area contributed by atoms with Crippen molar-refractivity contribution in [2.24, 2.45) is 0 Å². The number of benzene rings is 3. The number of hydrogen-bond donors (Lipinski definition) is 1. The normalized spacial score (nSPS) is 10.6. The molecule has 1 N–H and O–H groups in total. The van der Waals surface area contributed by atoms with Crippen LogP contribution in [-0.2, 0) is 4.79 Å². The van der Waals surface area contributed by atoms with Crippen molar-refractivity contribution >= 4 is 45.7 Å². The molecule has 0 unspecified atom stereocenters. The second-order valence-corrected chi connectivity index (χ2v) is 6.30. The summed E-state index contributed by atoms with van der Waals surface area (Å²) in [6.45, 7) is 0. The first-order chi connectivity index (χ1) is 10.7. The van der Waals surface area contributed by atoms with Crippen LogP contribution in [0.2, 0.25) is 5.02 Å². The average Bonchev–Trinajstić information content (AvgIpc) is 2.55. The standard InChI is InChI=1S/C18H14ClNOS/c19-14-8-10-15(11-9-14)22-12-18(21)20-17-7-3-5-13-4-1-2-6-16(13)17/h1-11H,12H2,(H,20,21). The third-order valence-corrected chi connectivity index (χ3v) is 4.51. The number of nitrogens with one attached hydrogen (secondary N) is 1. The maximum absolute atomic E-state index is 12.1. The third kappa shape index (κ3) is 3.62. The van der Waals surface area contributed by atoms with Crippen molar-refractivity contribution in [1.29, 1.82) is 0 Å². The fraction of sp³-hybridized carbons (Fsp3) is 0.0556. The Bertz CT molecular complexity index is 796. The van der Waals surface area contributed by atoms with Gasteiger partial charge in [-0.1, -0.05) is 48.0 Å². The van der Waals surface area contributed by atoms with E-state index in [-0.39, 0.29) is 5.91 Å². The number of rotatable bonds is 4. The molecular formula is C18H14ClNOS. The lowest BCUT2D eigenvalue weighted by atomic mass is 10.1. The minimum Gasteiger partial charge on any atom is -0.325 e. The Kier molecular flexibility index (Phi) is 4.66. The Morgan fingerprint density at radius 2 is 1.68 bits per heavy atom. The number of halogens is 1. The molecule has 1 amide bonds. The van der Waals surface area contributed by atoms with Crippen LogP contribution in [0.5, 0.6) is 0 Å². The summed E-state index contributed by atoms with van der Waals surface area (Å²) in [6, 6.07) is 21.4. The molecule has 0 spiro atoms. The van der Waals surface area contributed by atoms with E-state index in [2.05, 4.69) is 5.32 Å². The first kappa shape index (κ1) is 14.9. The highest BCUT2D eigenvalue weighted by Crippen LogP contribution is 2.24. The van der Waals surface area contributed by atoms with Crippen LogP contribution in [0.4, 0.5) is 5.69 Å². The quantitative estimate of drug-likeness (QED) is 0.665. The molecule has 0 saturated carbocycles. The Hall–Kier alpha value is -1.97. The molecule has 0 aliphatic rings. The molecule has 0 aromatic heterocycles. The van der Waals surface area contributed by atoms with Crippen LogP contribution in [0.3, 0.4) is 0 Å². The Labute approximate surface area is 138 Å². The van der Waals surface area contributed by atoms with E-state index < -0.39 is 0 Å². The fourth-order valence-corrected chi connectivity index (χ4v) is 3.02. The summed E-state index contributed by atoms with van der Waals surface area (Å²) in [5.41, 5.74) is 0.847. The van der Waals surface area contributed by atoms with Gasteiger partial charge < -0.3 is 5.32 Å². The van der Waals surface area contributed by atoms with Crippen molar-refractivity contribution < 1.29 is 4.79 Å². The van der Waals surface area contributed by atoms with Gasteiger partial charge in [-0.3, -0.25) is 4.79 Å². The summed E-state index contributed by atoms with van der Waals surface area (Å²) in [5.74, 6) is 0.349. The molecule has 0 aliphatic carbocycles. The minimum atomic E-state index is -0.0173. The van der Waals surface area contributed by atoms with Crippen molar-refractivity contribution in [2.45, 2.75) is 4.90 Å². The van der Waals surface area contributed by atoms with E-state index in [0.29, 0.717) is 10.8 Å². The summed E-state index contributed by atoms with van der Waals surface area (Å²) in [5, 5.41) is 5.85. The first-order valence-electron chi connectivity index (χ1n) is 6.88. The van der Waals surface area contributed by atoms with Gasteiger partial charge in [-0.05, 0) is 35.7 Å². The van der Waals surface area contributed by atoms with Gasteiger partial charge in [0.15, 0.2) is 0 Å². The molecule has 22 heavy (non-hydrogen) atoms. The summed E-state index contributed by atoms with van der Waals surface area (Å²) in [7, 11) is 0. The highest BCUT2D eigenvalue weighted by atomic mass is 35.5. The van der Waals surface area contributed by atoms with Crippen molar-refractivity contribution in [3.05, 3.63) is 71.8 Å². The highest BCUT2D eigenvalue weighted by Gasteiger charge is 2.06. The number of fused-ring (bicyclic) bond motifs is 1. The predicted molar refractivity (Wildman–Crippen MR) is 94.8 cm³/mol. The van der Waals surface area contributed by atoms with Crippen LogP contribution in [0.25, 0.3) is 10.8 Å². The minimum absolute atomic E-state index is 0.0173. The van der Waals surface area contributed by atoms with Crippen molar-refractivity contribution in [1.82, 2.24) is 0 Å². The molecule has 110 valence electrons. The van der Waals surface area contributed by atoms with Gasteiger partial charge in [0.1, 0.15) is 0 Å². The van der Waals surface area contributed by atoms with Crippen molar-refractivity contribution in [2.75, 3.05) is 11.1 Å². The molecule has 0 aliphatic heterocycles. The zero-order valence-electron chi connectivity index (χ0n) is 11.8. The van der Waals surface area contributed by atoms with Crippen LogP contribution < -0.4 is 5.32 Å². The van der Waals surface area contributed by atoms with Crippen molar-refractivity contribution in [3.8, 4) is 0 Å². The van der Waals surface area contributed by atoms with Gasteiger partial charge in [0.2, 0.25) is 5.91 Å². The number of carbonyl (C=O) groups excluding carboxylic acids is 1. The van der Waals surface area contributed by atoms with Gasteiger partial charge >= 0.3 is 0 Å². The molecule has 3 aromatic carbocycles. The largest absolute Gasteiger partial charge is 0.325 e. The van der Waals surface area contributed by atoms with E-state index >= 15 is 0 Å². The molecule has 0 radical (unpaired) electrons. The third-order valence-electron chi connectivity index (χ3n) is 3.25. The van der Waals surface area contributed by atoms with Crippen LogP contribution in [0.15, 0.2) is 71.6 Å². The van der Waals surface area contributed by atoms with Gasteiger partial charge in [-0.2, -0.15) is 0 Å². The Morgan fingerprint density at radius 3 is 2.50 bits per heavy atom. The molecule has 0 heterocycles. The molecular weight excluding hydrogens is 314 g/mol. The summed E-state index contributed by atoms with van der Waals surface area (Å²) >= 11 is 7.34. The molecule has 0 atom stereocenters. The highest BCUT2D eigenvalue weighted by molar-refractivity contribution is 8.00. The second kappa shape index (κ2) is 6.86. The maximum Gasteiger partial charge on any atom is 0.234 e. The van der Waals surface area contributed by atoms with E-state index in [0.717, 1.165) is 21.4 Å². The van der Waals surface area contributed by atoms with Gasteiger partial charge in [-0.15, -0.1) is 11.8 Å². The van der Waals surface area contributed by atoms with E-state index in [1.54, 1.807) is 0 Å². The maximum atomic E-state index is 12.1. The molecule has 3 aromatic rings. The zero-order valence-corrected chi connectivity index (χ0v) is 13.3. The van der Waals surface area contributed by atoms with E-state index in [9.17, 15) is 4.79 Å². The first-order valence-corrected chi connectivity index (χ1v) is 8.25. The lowest BCUT2D eigenvalue weighted by Crippen LogP contribution is -2.14. The summed E-state index contributed by atoms with van der Waals surface area (Å²) in [4.78, 5) is 13.2. The predicted octanol–water partition coefficient (Wildman–Crippen LogP) is 5.22. The average molecular weight is 328 g/mol. The monoisotopic (exact) mass is 327 g/mol. The zero-order chi connectivity index (χ0) is 15.4. The van der Waals surface area contributed by atoms with Gasteiger partial charge in [0, 0.05) is 21.0 Å². The van der Waals surface area contributed by atoms with Gasteiger partial charge in [0.25, 0.3) is 0 Å². The van der Waals surface area contributed by atoms with Crippen LogP contribution >= 0.6 is 23.4 Å². The number of carbonyl (C=O) groups is 1. The molecule has 0 fully saturated rings. The number of thioether (sulfide) groups is 1. The second-order valence-electron chi connectivity index (χ2n) is 4.82. The molecule has 2 nitrogen and oxygen atoms in total. The summed E-state index contributed by atoms with van der Waals surface area (Å²) < 4.78 is 0. The van der Waals surface area contributed by atoms with E-state index in [4.69, 9.17) is 11.6 Å². The summed E-state index contributed by atoms with van der Waals surface area (Å²) in [6.07, 6.45) is 0. The van der Waals surface area contributed by atoms with Gasteiger partial charge in [0.05, 0.1) is 5.75 Å². The fourth-order valence-electron chi connectivity index (χ4n) is 2.20. The molecule has 4 heteroatoms. The SMILES string of the molecule is O=C(CSc1ccc(Cl)cc1)Nc1cccc2ccccc12. The molecule has 0 bridgehead atoms. The number of amides is 1. The topological polar surface area (TPSA) is 29.1 Å². The van der Waals surface area contributed by atoms with Crippen LogP contribution in [0, 0.1) is 0 Å². The number of hydrogen-bond acceptors (Lipinski definition) is 2. The lowest BCUT2D eigenvalue weighted by Gasteiger charge is -2.08. The molecule has 3 rings (SSSR count). The van der Waals surface area contributed by atoms with Crippen LogP contribution in [-0.4, -0.2) is 11.7 Å². The number of anilines is 1.